The average Bonchev–Trinajstić information content (AvgIpc) is 2.87. The van der Waals surface area contributed by atoms with Gasteiger partial charge in [-0.3, -0.25) is 4.68 Å². The first-order chi connectivity index (χ1) is 8.06. The SMILES string of the molecule is O=C(O)c1cnn(Cc2ccc(C(F)F)o2)c1. The Balaban J connectivity index is 2.11. The third-order valence-electron chi connectivity index (χ3n) is 2.10. The van der Waals surface area contributed by atoms with Crippen LogP contribution in [0.1, 0.15) is 28.3 Å². The molecule has 5 nitrogen and oxygen atoms in total. The Morgan fingerprint density at radius 2 is 2.29 bits per heavy atom. The highest BCUT2D eigenvalue weighted by atomic mass is 19.3. The van der Waals surface area contributed by atoms with Gasteiger partial charge in [-0.05, 0) is 12.1 Å². The fourth-order valence-corrected chi connectivity index (χ4v) is 1.32. The van der Waals surface area contributed by atoms with E-state index in [-0.39, 0.29) is 12.1 Å². The van der Waals surface area contributed by atoms with Gasteiger partial charge in [-0.1, -0.05) is 0 Å². The van der Waals surface area contributed by atoms with E-state index >= 15 is 0 Å². The van der Waals surface area contributed by atoms with Crippen LogP contribution in [0.5, 0.6) is 0 Å². The number of aromatic nitrogens is 2. The molecule has 0 bridgehead atoms. The van der Waals surface area contributed by atoms with Crippen LogP contribution < -0.4 is 0 Å². The second-order valence-corrected chi connectivity index (χ2v) is 3.34. The molecule has 7 heteroatoms. The summed E-state index contributed by atoms with van der Waals surface area (Å²) in [5.74, 6) is -1.21. The van der Waals surface area contributed by atoms with E-state index in [9.17, 15) is 13.6 Å². The van der Waals surface area contributed by atoms with Gasteiger partial charge < -0.3 is 9.52 Å². The van der Waals surface area contributed by atoms with Gasteiger partial charge in [-0.15, -0.1) is 0 Å². The summed E-state index contributed by atoms with van der Waals surface area (Å²) < 4.78 is 30.6. The number of halogens is 2. The van der Waals surface area contributed by atoms with E-state index in [0.29, 0.717) is 5.76 Å². The lowest BCUT2D eigenvalue weighted by Crippen LogP contribution is -1.99. The van der Waals surface area contributed by atoms with Gasteiger partial charge in [0, 0.05) is 6.20 Å². The van der Waals surface area contributed by atoms with Crippen LogP contribution in [-0.4, -0.2) is 20.9 Å². The number of nitrogens with zero attached hydrogens (tertiary/aromatic N) is 2. The number of carboxylic acids is 1. The fraction of sp³-hybridized carbons (Fsp3) is 0.200. The van der Waals surface area contributed by atoms with Crippen LogP contribution in [0.4, 0.5) is 8.78 Å². The highest BCUT2D eigenvalue weighted by molar-refractivity contribution is 5.86. The van der Waals surface area contributed by atoms with Gasteiger partial charge in [0.05, 0.1) is 18.3 Å². The second-order valence-electron chi connectivity index (χ2n) is 3.34. The van der Waals surface area contributed by atoms with Gasteiger partial charge in [0.1, 0.15) is 5.76 Å². The first-order valence-corrected chi connectivity index (χ1v) is 4.69. The minimum Gasteiger partial charge on any atom is -0.478 e. The highest BCUT2D eigenvalue weighted by Crippen LogP contribution is 2.21. The molecule has 2 heterocycles. The van der Waals surface area contributed by atoms with Crippen molar-refractivity contribution in [3.05, 3.63) is 41.6 Å². The summed E-state index contributed by atoms with van der Waals surface area (Å²) >= 11 is 0. The van der Waals surface area contributed by atoms with Crippen LogP contribution >= 0.6 is 0 Å². The van der Waals surface area contributed by atoms with E-state index in [0.717, 1.165) is 0 Å². The van der Waals surface area contributed by atoms with Crippen LogP contribution in [0, 0.1) is 0 Å². The molecule has 0 aliphatic carbocycles. The van der Waals surface area contributed by atoms with Crippen molar-refractivity contribution in [2.45, 2.75) is 13.0 Å². The molecular formula is C10H8F2N2O3. The first kappa shape index (κ1) is 11.3. The average molecular weight is 242 g/mol. The van der Waals surface area contributed by atoms with Crippen molar-refractivity contribution < 1.29 is 23.1 Å². The van der Waals surface area contributed by atoms with Crippen molar-refractivity contribution in [1.29, 1.82) is 0 Å². The Bertz CT molecular complexity index is 533. The Morgan fingerprint density at radius 1 is 1.53 bits per heavy atom. The van der Waals surface area contributed by atoms with Crippen LogP contribution in [0.15, 0.2) is 28.9 Å². The van der Waals surface area contributed by atoms with Crippen LogP contribution in [0.25, 0.3) is 0 Å². The molecule has 1 N–H and O–H groups in total. The van der Waals surface area contributed by atoms with Crippen molar-refractivity contribution in [1.82, 2.24) is 9.78 Å². The molecule has 0 spiro atoms. The molecule has 2 aromatic rings. The normalized spacial score (nSPS) is 11.0. The molecule has 0 atom stereocenters. The molecule has 0 aliphatic heterocycles. The molecule has 2 rings (SSSR count). The number of alkyl halides is 2. The Morgan fingerprint density at radius 3 is 2.82 bits per heavy atom. The Kier molecular flexibility index (Phi) is 2.90. The van der Waals surface area contributed by atoms with Gasteiger partial charge >= 0.3 is 5.97 Å². The molecule has 0 radical (unpaired) electrons. The predicted molar refractivity (Wildman–Crippen MR) is 52.0 cm³/mol. The van der Waals surface area contributed by atoms with Crippen molar-refractivity contribution in [2.24, 2.45) is 0 Å². The summed E-state index contributed by atoms with van der Waals surface area (Å²) in [5, 5.41) is 12.4. The van der Waals surface area contributed by atoms with Crippen LogP contribution in [0.2, 0.25) is 0 Å². The molecule has 0 fully saturated rings. The van der Waals surface area contributed by atoms with E-state index < -0.39 is 18.2 Å². The summed E-state index contributed by atoms with van der Waals surface area (Å²) in [4.78, 5) is 10.6. The second kappa shape index (κ2) is 4.36. The zero-order valence-corrected chi connectivity index (χ0v) is 8.51. The quantitative estimate of drug-likeness (QED) is 0.891. The molecule has 2 aromatic heterocycles. The zero-order valence-electron chi connectivity index (χ0n) is 8.51. The van der Waals surface area contributed by atoms with Crippen molar-refractivity contribution in [2.75, 3.05) is 0 Å². The number of aromatic carboxylic acids is 1. The van der Waals surface area contributed by atoms with Crippen molar-refractivity contribution in [3.8, 4) is 0 Å². The monoisotopic (exact) mass is 242 g/mol. The number of carboxylic acid groups (broad SMARTS) is 1. The molecule has 0 saturated carbocycles. The summed E-state index contributed by atoms with van der Waals surface area (Å²) in [6, 6.07) is 2.59. The number of hydrogen-bond acceptors (Lipinski definition) is 3. The third-order valence-corrected chi connectivity index (χ3v) is 2.10. The minimum absolute atomic E-state index is 0.0330. The first-order valence-electron chi connectivity index (χ1n) is 4.69. The Hall–Kier alpha value is -2.18. The number of furan rings is 1. The van der Waals surface area contributed by atoms with Gasteiger partial charge in [-0.25, -0.2) is 13.6 Å². The molecule has 0 aliphatic rings. The maximum atomic E-state index is 12.2. The highest BCUT2D eigenvalue weighted by Gasteiger charge is 2.13. The van der Waals surface area contributed by atoms with E-state index in [1.165, 1.54) is 29.2 Å². The maximum Gasteiger partial charge on any atom is 0.338 e. The number of rotatable bonds is 4. The molecule has 0 amide bonds. The number of carbonyl (C=O) groups is 1. The lowest BCUT2D eigenvalue weighted by atomic mass is 10.4. The Labute approximate surface area is 94.3 Å². The largest absolute Gasteiger partial charge is 0.478 e. The molecule has 90 valence electrons. The van der Waals surface area contributed by atoms with Crippen LogP contribution in [0.3, 0.4) is 0 Å². The van der Waals surface area contributed by atoms with Gasteiger partial charge in [0.15, 0.2) is 5.76 Å². The smallest absolute Gasteiger partial charge is 0.338 e. The van der Waals surface area contributed by atoms with Gasteiger partial charge in [0.25, 0.3) is 6.43 Å². The zero-order chi connectivity index (χ0) is 12.4. The van der Waals surface area contributed by atoms with Crippen molar-refractivity contribution >= 4 is 5.97 Å². The van der Waals surface area contributed by atoms with E-state index in [4.69, 9.17) is 9.52 Å². The van der Waals surface area contributed by atoms with E-state index in [1.54, 1.807) is 0 Å². The summed E-state index contributed by atoms with van der Waals surface area (Å²) in [5.41, 5.74) is 0.0330. The van der Waals surface area contributed by atoms with Gasteiger partial charge in [0.2, 0.25) is 0 Å². The standard InChI is InChI=1S/C10H8F2N2O3/c11-9(12)8-2-1-7(17-8)5-14-4-6(3-13-14)10(15)16/h1-4,9H,5H2,(H,15,16). The summed E-state index contributed by atoms with van der Waals surface area (Å²) in [6.07, 6.45) is -0.178. The molecular weight excluding hydrogens is 234 g/mol. The van der Waals surface area contributed by atoms with Gasteiger partial charge in [-0.2, -0.15) is 5.10 Å². The predicted octanol–water partition coefficient (Wildman–Crippen LogP) is 2.16. The topological polar surface area (TPSA) is 68.3 Å². The summed E-state index contributed by atoms with van der Waals surface area (Å²) in [7, 11) is 0. The fourth-order valence-electron chi connectivity index (χ4n) is 1.32. The van der Waals surface area contributed by atoms with E-state index in [1.807, 2.05) is 0 Å². The lowest BCUT2D eigenvalue weighted by molar-refractivity contribution is 0.0696. The third kappa shape index (κ3) is 2.49. The number of hydrogen-bond donors (Lipinski definition) is 1. The summed E-state index contributed by atoms with van der Waals surface area (Å²) in [6.45, 7) is 0.111. The molecule has 0 saturated heterocycles. The molecule has 0 aromatic carbocycles. The molecule has 17 heavy (non-hydrogen) atoms. The maximum absolute atomic E-state index is 12.2. The minimum atomic E-state index is -2.66. The molecule has 0 unspecified atom stereocenters. The van der Waals surface area contributed by atoms with Crippen LogP contribution in [-0.2, 0) is 6.54 Å². The van der Waals surface area contributed by atoms with E-state index in [2.05, 4.69) is 5.10 Å². The lowest BCUT2D eigenvalue weighted by Gasteiger charge is -1.97. The van der Waals surface area contributed by atoms with Crippen molar-refractivity contribution in [3.63, 3.8) is 0 Å².